The van der Waals surface area contributed by atoms with Gasteiger partial charge < -0.3 is 4.74 Å². The molecule has 0 atom stereocenters. The third kappa shape index (κ3) is 1.72. The van der Waals surface area contributed by atoms with E-state index in [0.29, 0.717) is 5.56 Å². The molecule has 66 valence electrons. The molecule has 0 N–H and O–H groups in total. The van der Waals surface area contributed by atoms with E-state index < -0.39 is 12.7 Å². The summed E-state index contributed by atoms with van der Waals surface area (Å²) < 4.78 is 29.3. The second kappa shape index (κ2) is 3.52. The molecule has 0 heterocycles. The predicted molar refractivity (Wildman–Crippen MR) is 42.5 cm³/mol. The SMILES string of the molecule is Cc1cc(C)c(F)c(OCF)c1. The van der Waals surface area contributed by atoms with E-state index in [2.05, 4.69) is 4.74 Å². The van der Waals surface area contributed by atoms with Gasteiger partial charge in [-0.15, -0.1) is 0 Å². The number of hydrogen-bond acceptors (Lipinski definition) is 1. The fourth-order valence-corrected chi connectivity index (χ4v) is 1.07. The molecule has 1 nitrogen and oxygen atoms in total. The van der Waals surface area contributed by atoms with E-state index in [1.165, 1.54) is 6.07 Å². The third-order valence-corrected chi connectivity index (χ3v) is 1.58. The summed E-state index contributed by atoms with van der Waals surface area (Å²) in [5, 5.41) is 0. The molecule has 0 unspecified atom stereocenters. The molecular weight excluding hydrogens is 162 g/mol. The molecule has 0 saturated heterocycles. The Morgan fingerprint density at radius 3 is 2.58 bits per heavy atom. The van der Waals surface area contributed by atoms with Crippen molar-refractivity contribution in [1.82, 2.24) is 0 Å². The highest BCUT2D eigenvalue weighted by Gasteiger charge is 2.06. The van der Waals surface area contributed by atoms with Crippen LogP contribution in [0.25, 0.3) is 0 Å². The molecule has 0 amide bonds. The summed E-state index contributed by atoms with van der Waals surface area (Å²) in [5.74, 6) is -0.506. The van der Waals surface area contributed by atoms with Gasteiger partial charge in [0.25, 0.3) is 0 Å². The zero-order valence-corrected chi connectivity index (χ0v) is 7.03. The monoisotopic (exact) mass is 172 g/mol. The molecule has 0 aromatic heterocycles. The van der Waals surface area contributed by atoms with E-state index in [4.69, 9.17) is 0 Å². The lowest BCUT2D eigenvalue weighted by Gasteiger charge is -2.06. The number of hydrogen-bond donors (Lipinski definition) is 0. The van der Waals surface area contributed by atoms with Crippen molar-refractivity contribution >= 4 is 0 Å². The minimum Gasteiger partial charge on any atom is -0.460 e. The molecule has 1 rings (SSSR count). The summed E-state index contributed by atoms with van der Waals surface area (Å²) in [6.07, 6.45) is 0. The van der Waals surface area contributed by atoms with Gasteiger partial charge in [0.2, 0.25) is 6.86 Å². The maximum absolute atomic E-state index is 13.1. The minimum atomic E-state index is -1.00. The number of alkyl halides is 1. The van der Waals surface area contributed by atoms with Crippen molar-refractivity contribution in [1.29, 1.82) is 0 Å². The number of rotatable bonds is 2. The minimum absolute atomic E-state index is 0.0185. The molecule has 0 fully saturated rings. The van der Waals surface area contributed by atoms with Gasteiger partial charge in [0.05, 0.1) is 0 Å². The molecule has 0 aliphatic carbocycles. The maximum Gasteiger partial charge on any atom is 0.228 e. The van der Waals surface area contributed by atoms with Crippen molar-refractivity contribution in [2.45, 2.75) is 13.8 Å². The first-order valence-electron chi connectivity index (χ1n) is 3.60. The Kier molecular flexibility index (Phi) is 2.63. The third-order valence-electron chi connectivity index (χ3n) is 1.58. The number of halogens is 2. The number of ether oxygens (including phenoxy) is 1. The lowest BCUT2D eigenvalue weighted by atomic mass is 10.1. The van der Waals surface area contributed by atoms with E-state index in [9.17, 15) is 8.78 Å². The van der Waals surface area contributed by atoms with Gasteiger partial charge in [0.1, 0.15) is 0 Å². The van der Waals surface area contributed by atoms with Crippen molar-refractivity contribution in [3.05, 3.63) is 29.1 Å². The highest BCUT2D eigenvalue weighted by Crippen LogP contribution is 2.22. The lowest BCUT2D eigenvalue weighted by molar-refractivity contribution is 0.184. The predicted octanol–water partition coefficient (Wildman–Crippen LogP) is 2.75. The highest BCUT2D eigenvalue weighted by atomic mass is 19.1. The van der Waals surface area contributed by atoms with Crippen molar-refractivity contribution in [2.24, 2.45) is 0 Å². The van der Waals surface area contributed by atoms with E-state index in [1.54, 1.807) is 19.9 Å². The topological polar surface area (TPSA) is 9.23 Å². The van der Waals surface area contributed by atoms with E-state index in [0.717, 1.165) is 5.56 Å². The Morgan fingerprint density at radius 2 is 2.00 bits per heavy atom. The Morgan fingerprint density at radius 1 is 1.33 bits per heavy atom. The standard InChI is InChI=1S/C9H10F2O/c1-6-3-7(2)9(11)8(4-6)12-5-10/h3-4H,5H2,1-2H3. The number of benzene rings is 1. The van der Waals surface area contributed by atoms with Crippen molar-refractivity contribution < 1.29 is 13.5 Å². The van der Waals surface area contributed by atoms with Gasteiger partial charge in [0.15, 0.2) is 11.6 Å². The summed E-state index contributed by atoms with van der Waals surface area (Å²) in [6.45, 7) is 2.42. The van der Waals surface area contributed by atoms with Crippen LogP contribution in [0.3, 0.4) is 0 Å². The largest absolute Gasteiger partial charge is 0.460 e. The van der Waals surface area contributed by atoms with E-state index in [1.807, 2.05) is 0 Å². The average molecular weight is 172 g/mol. The van der Waals surface area contributed by atoms with Crippen molar-refractivity contribution in [3.8, 4) is 5.75 Å². The second-order valence-corrected chi connectivity index (χ2v) is 2.65. The van der Waals surface area contributed by atoms with Gasteiger partial charge in [-0.25, -0.2) is 8.78 Å². The van der Waals surface area contributed by atoms with Crippen molar-refractivity contribution in [3.63, 3.8) is 0 Å². The van der Waals surface area contributed by atoms with Crippen LogP contribution in [-0.4, -0.2) is 6.86 Å². The van der Waals surface area contributed by atoms with Crippen molar-refractivity contribution in [2.75, 3.05) is 6.86 Å². The van der Waals surface area contributed by atoms with Gasteiger partial charge in [-0.05, 0) is 31.0 Å². The van der Waals surface area contributed by atoms with Gasteiger partial charge in [-0.3, -0.25) is 0 Å². The first kappa shape index (κ1) is 8.97. The highest BCUT2D eigenvalue weighted by molar-refractivity contribution is 5.34. The van der Waals surface area contributed by atoms with Crippen LogP contribution in [0.15, 0.2) is 12.1 Å². The van der Waals surface area contributed by atoms with Gasteiger partial charge in [0, 0.05) is 0 Å². The molecular formula is C9H10F2O. The average Bonchev–Trinajstić information content (AvgIpc) is 2.00. The fraction of sp³-hybridized carbons (Fsp3) is 0.333. The quantitative estimate of drug-likeness (QED) is 0.666. The Labute approximate surface area is 70.0 Å². The fourth-order valence-electron chi connectivity index (χ4n) is 1.07. The van der Waals surface area contributed by atoms with E-state index >= 15 is 0 Å². The van der Waals surface area contributed by atoms with Crippen LogP contribution in [0, 0.1) is 19.7 Å². The zero-order valence-electron chi connectivity index (χ0n) is 7.03. The molecule has 0 radical (unpaired) electrons. The number of aryl methyl sites for hydroxylation is 2. The molecule has 0 bridgehead atoms. The lowest BCUT2D eigenvalue weighted by Crippen LogP contribution is -1.96. The van der Waals surface area contributed by atoms with Crippen LogP contribution in [0.4, 0.5) is 8.78 Å². The summed E-state index contributed by atoms with van der Waals surface area (Å²) in [5.41, 5.74) is 1.33. The van der Waals surface area contributed by atoms with Crippen LogP contribution >= 0.6 is 0 Å². The molecule has 0 aliphatic rings. The Bertz CT molecular complexity index is 284. The molecule has 1 aromatic carbocycles. The van der Waals surface area contributed by atoms with Crippen LogP contribution in [-0.2, 0) is 0 Å². The maximum atomic E-state index is 13.1. The van der Waals surface area contributed by atoms with Crippen LogP contribution < -0.4 is 4.74 Å². The van der Waals surface area contributed by atoms with Crippen LogP contribution in [0.5, 0.6) is 5.75 Å². The Hall–Kier alpha value is -1.12. The molecule has 0 aliphatic heterocycles. The summed E-state index contributed by atoms with van der Waals surface area (Å²) in [7, 11) is 0. The Balaban J connectivity index is 3.09. The zero-order chi connectivity index (χ0) is 9.14. The second-order valence-electron chi connectivity index (χ2n) is 2.65. The summed E-state index contributed by atoms with van der Waals surface area (Å²) in [6, 6.07) is 3.16. The van der Waals surface area contributed by atoms with Gasteiger partial charge in [-0.1, -0.05) is 6.07 Å². The smallest absolute Gasteiger partial charge is 0.228 e. The van der Waals surface area contributed by atoms with E-state index in [-0.39, 0.29) is 5.75 Å². The normalized spacial score (nSPS) is 10.0. The molecule has 3 heteroatoms. The summed E-state index contributed by atoms with van der Waals surface area (Å²) in [4.78, 5) is 0. The van der Waals surface area contributed by atoms with Gasteiger partial charge in [-0.2, -0.15) is 0 Å². The van der Waals surface area contributed by atoms with Crippen LogP contribution in [0.2, 0.25) is 0 Å². The van der Waals surface area contributed by atoms with Gasteiger partial charge >= 0.3 is 0 Å². The molecule has 0 spiro atoms. The van der Waals surface area contributed by atoms with Crippen LogP contribution in [0.1, 0.15) is 11.1 Å². The molecule has 0 saturated carbocycles. The summed E-state index contributed by atoms with van der Waals surface area (Å²) >= 11 is 0. The molecule has 1 aromatic rings. The first-order chi connectivity index (χ1) is 5.65. The molecule has 12 heavy (non-hydrogen) atoms. The first-order valence-corrected chi connectivity index (χ1v) is 3.60.